The number of hydrogen-bond donors (Lipinski definition) is 0. The van der Waals surface area contributed by atoms with Gasteiger partial charge in [-0.15, -0.1) is 0 Å². The molecule has 0 heterocycles. The molecule has 0 bridgehead atoms. The lowest BCUT2D eigenvalue weighted by atomic mass is 10.1. The van der Waals surface area contributed by atoms with Gasteiger partial charge in [0.1, 0.15) is 12.2 Å². The number of hydrogen-bond acceptors (Lipinski definition) is 3. The third-order valence-corrected chi connectivity index (χ3v) is 1.92. The zero-order valence-corrected chi connectivity index (χ0v) is 8.21. The van der Waals surface area contributed by atoms with Crippen LogP contribution in [-0.2, 0) is 14.3 Å². The molecule has 3 nitrogen and oxygen atoms in total. The Kier molecular flexibility index (Phi) is 3.46. The summed E-state index contributed by atoms with van der Waals surface area (Å²) >= 11 is 0. The van der Waals surface area contributed by atoms with Crippen molar-refractivity contribution in [1.29, 1.82) is 0 Å². The van der Waals surface area contributed by atoms with Gasteiger partial charge in [0.25, 0.3) is 0 Å². The molecular weight excluding hydrogens is 168 g/mol. The summed E-state index contributed by atoms with van der Waals surface area (Å²) in [5.74, 6) is 0.188. The van der Waals surface area contributed by atoms with E-state index < -0.39 is 0 Å². The highest BCUT2D eigenvalue weighted by Crippen LogP contribution is 2.32. The fraction of sp³-hybridized carbons (Fsp3) is 0.800. The maximum absolute atomic E-state index is 11.2. The van der Waals surface area contributed by atoms with E-state index in [-0.39, 0.29) is 24.3 Å². The summed E-state index contributed by atoms with van der Waals surface area (Å²) in [6, 6.07) is 0. The van der Waals surface area contributed by atoms with E-state index in [9.17, 15) is 9.59 Å². The molecule has 0 aromatic rings. The van der Waals surface area contributed by atoms with Gasteiger partial charge in [0.05, 0.1) is 6.10 Å². The lowest BCUT2D eigenvalue weighted by molar-refractivity contribution is -0.149. The van der Waals surface area contributed by atoms with Crippen LogP contribution in [0.4, 0.5) is 0 Å². The summed E-state index contributed by atoms with van der Waals surface area (Å²) < 4.78 is 4.86. The SMILES string of the molecule is CC(C)OC(=O)CC(=O)CC1CC1. The monoisotopic (exact) mass is 184 g/mol. The summed E-state index contributed by atoms with van der Waals surface area (Å²) in [6.07, 6.45) is 2.68. The summed E-state index contributed by atoms with van der Waals surface area (Å²) in [7, 11) is 0. The Balaban J connectivity index is 2.14. The molecule has 74 valence electrons. The Bertz CT molecular complexity index is 190. The third-order valence-electron chi connectivity index (χ3n) is 1.92. The smallest absolute Gasteiger partial charge is 0.313 e. The topological polar surface area (TPSA) is 43.4 Å². The molecule has 1 rings (SSSR count). The second-order valence-corrected chi connectivity index (χ2v) is 3.90. The summed E-state index contributed by atoms with van der Waals surface area (Å²) in [6.45, 7) is 3.56. The zero-order chi connectivity index (χ0) is 9.84. The molecular formula is C10H16O3. The molecule has 0 radical (unpaired) electrons. The van der Waals surface area contributed by atoms with E-state index in [0.717, 1.165) is 12.8 Å². The Morgan fingerprint density at radius 2 is 2.00 bits per heavy atom. The first-order chi connectivity index (χ1) is 6.08. The van der Waals surface area contributed by atoms with E-state index in [1.165, 1.54) is 0 Å². The maximum atomic E-state index is 11.2. The van der Waals surface area contributed by atoms with E-state index in [1.54, 1.807) is 13.8 Å². The number of ketones is 1. The molecule has 1 aliphatic rings. The van der Waals surface area contributed by atoms with E-state index in [2.05, 4.69) is 0 Å². The minimum absolute atomic E-state index is 0.0214. The molecule has 0 aromatic carbocycles. The van der Waals surface area contributed by atoms with Crippen LogP contribution in [0.5, 0.6) is 0 Å². The van der Waals surface area contributed by atoms with Gasteiger partial charge in [-0.25, -0.2) is 0 Å². The Hall–Kier alpha value is -0.860. The molecule has 0 unspecified atom stereocenters. The van der Waals surface area contributed by atoms with Crippen molar-refractivity contribution in [2.45, 2.75) is 45.6 Å². The summed E-state index contributed by atoms with van der Waals surface area (Å²) in [5, 5.41) is 0. The summed E-state index contributed by atoms with van der Waals surface area (Å²) in [5.41, 5.74) is 0. The van der Waals surface area contributed by atoms with Gasteiger partial charge in [-0.05, 0) is 32.6 Å². The van der Waals surface area contributed by atoms with Crippen molar-refractivity contribution < 1.29 is 14.3 Å². The van der Waals surface area contributed by atoms with Crippen LogP contribution in [0.1, 0.15) is 39.5 Å². The molecule has 0 atom stereocenters. The first-order valence-corrected chi connectivity index (χ1v) is 4.79. The second kappa shape index (κ2) is 4.40. The van der Waals surface area contributed by atoms with Gasteiger partial charge in [0.2, 0.25) is 0 Å². The average Bonchev–Trinajstić information content (AvgIpc) is 2.67. The van der Waals surface area contributed by atoms with E-state index in [1.807, 2.05) is 0 Å². The third kappa shape index (κ3) is 4.65. The number of carbonyl (C=O) groups excluding carboxylic acids is 2. The van der Waals surface area contributed by atoms with E-state index in [4.69, 9.17) is 4.74 Å². The fourth-order valence-electron chi connectivity index (χ4n) is 1.18. The van der Waals surface area contributed by atoms with Crippen LogP contribution >= 0.6 is 0 Å². The fourth-order valence-corrected chi connectivity index (χ4v) is 1.18. The van der Waals surface area contributed by atoms with E-state index >= 15 is 0 Å². The molecule has 0 spiro atoms. The minimum atomic E-state index is -0.388. The van der Waals surface area contributed by atoms with Crippen LogP contribution in [-0.4, -0.2) is 17.9 Å². The molecule has 3 heteroatoms. The number of rotatable bonds is 5. The molecule has 13 heavy (non-hydrogen) atoms. The Morgan fingerprint density at radius 1 is 1.38 bits per heavy atom. The molecule has 0 N–H and O–H groups in total. The van der Waals surface area contributed by atoms with Crippen LogP contribution in [0.3, 0.4) is 0 Å². The summed E-state index contributed by atoms with van der Waals surface area (Å²) in [4.78, 5) is 22.2. The predicted molar refractivity (Wildman–Crippen MR) is 48.2 cm³/mol. The van der Waals surface area contributed by atoms with Gasteiger partial charge < -0.3 is 4.74 Å². The van der Waals surface area contributed by atoms with Crippen molar-refractivity contribution in [3.63, 3.8) is 0 Å². The van der Waals surface area contributed by atoms with Crippen LogP contribution < -0.4 is 0 Å². The molecule has 1 aliphatic carbocycles. The largest absolute Gasteiger partial charge is 0.463 e. The highest BCUT2D eigenvalue weighted by molar-refractivity contribution is 5.95. The molecule has 0 amide bonds. The van der Waals surface area contributed by atoms with Crippen molar-refractivity contribution in [2.75, 3.05) is 0 Å². The maximum Gasteiger partial charge on any atom is 0.313 e. The number of esters is 1. The van der Waals surface area contributed by atoms with Crippen LogP contribution in [0.15, 0.2) is 0 Å². The van der Waals surface area contributed by atoms with Crippen molar-refractivity contribution >= 4 is 11.8 Å². The predicted octanol–water partition coefficient (Wildman–Crippen LogP) is 1.70. The number of ether oxygens (including phenoxy) is 1. The highest BCUT2D eigenvalue weighted by Gasteiger charge is 2.25. The molecule has 1 saturated carbocycles. The minimum Gasteiger partial charge on any atom is -0.463 e. The molecule has 0 aromatic heterocycles. The van der Waals surface area contributed by atoms with E-state index in [0.29, 0.717) is 12.3 Å². The lowest BCUT2D eigenvalue weighted by Crippen LogP contribution is -2.15. The van der Waals surface area contributed by atoms with Crippen LogP contribution in [0.25, 0.3) is 0 Å². The van der Waals surface area contributed by atoms with Crippen molar-refractivity contribution in [1.82, 2.24) is 0 Å². The second-order valence-electron chi connectivity index (χ2n) is 3.90. The molecule has 0 saturated heterocycles. The number of Topliss-reactive ketones (excluding diaryl/α,β-unsaturated/α-hetero) is 1. The lowest BCUT2D eigenvalue weighted by Gasteiger charge is -2.06. The van der Waals surface area contributed by atoms with Gasteiger partial charge in [0.15, 0.2) is 0 Å². The van der Waals surface area contributed by atoms with Gasteiger partial charge in [-0.3, -0.25) is 9.59 Å². The normalized spacial score (nSPS) is 15.9. The van der Waals surface area contributed by atoms with Gasteiger partial charge in [0, 0.05) is 6.42 Å². The molecule has 1 fully saturated rings. The first kappa shape index (κ1) is 10.2. The molecule has 0 aliphatic heterocycles. The van der Waals surface area contributed by atoms with Crippen LogP contribution in [0.2, 0.25) is 0 Å². The standard InChI is InChI=1S/C10H16O3/c1-7(2)13-10(12)6-9(11)5-8-3-4-8/h7-8H,3-6H2,1-2H3. The van der Waals surface area contributed by atoms with Gasteiger partial charge in [-0.1, -0.05) is 0 Å². The zero-order valence-electron chi connectivity index (χ0n) is 8.21. The van der Waals surface area contributed by atoms with Crippen molar-refractivity contribution in [3.05, 3.63) is 0 Å². The first-order valence-electron chi connectivity index (χ1n) is 4.79. The number of carbonyl (C=O) groups is 2. The Morgan fingerprint density at radius 3 is 2.46 bits per heavy atom. The van der Waals surface area contributed by atoms with Gasteiger partial charge in [-0.2, -0.15) is 0 Å². The van der Waals surface area contributed by atoms with Crippen LogP contribution in [0, 0.1) is 5.92 Å². The quantitative estimate of drug-likeness (QED) is 0.482. The average molecular weight is 184 g/mol. The highest BCUT2D eigenvalue weighted by atomic mass is 16.5. The Labute approximate surface area is 78.5 Å². The van der Waals surface area contributed by atoms with Crippen molar-refractivity contribution in [3.8, 4) is 0 Å². The van der Waals surface area contributed by atoms with Crippen molar-refractivity contribution in [2.24, 2.45) is 5.92 Å². The van der Waals surface area contributed by atoms with Gasteiger partial charge >= 0.3 is 5.97 Å².